The van der Waals surface area contributed by atoms with Gasteiger partial charge in [-0.1, -0.05) is 30.3 Å². The first-order valence-corrected chi connectivity index (χ1v) is 7.67. The monoisotopic (exact) mass is 356 g/mol. The van der Waals surface area contributed by atoms with Gasteiger partial charge in [-0.25, -0.2) is 14.8 Å². The molecule has 0 amide bonds. The Kier molecular flexibility index (Phi) is 4.88. The molecule has 26 heavy (non-hydrogen) atoms. The van der Waals surface area contributed by atoms with E-state index in [-0.39, 0.29) is 17.3 Å². The molecule has 0 aliphatic heterocycles. The molecule has 132 valence electrons. The number of carbonyl (C=O) groups is 1. The predicted molar refractivity (Wildman–Crippen MR) is 91.2 cm³/mol. The fraction of sp³-hybridized carbons (Fsp3) is 0.105. The lowest BCUT2D eigenvalue weighted by Crippen LogP contribution is -2.05. The number of aromatic nitrogens is 2. The molecule has 0 fully saturated rings. The fourth-order valence-electron chi connectivity index (χ4n) is 2.52. The molecule has 0 atom stereocenters. The molecule has 1 N–H and O–H groups in total. The van der Waals surface area contributed by atoms with Crippen molar-refractivity contribution >= 4 is 5.97 Å². The quantitative estimate of drug-likeness (QED) is 0.733. The van der Waals surface area contributed by atoms with Crippen LogP contribution >= 0.6 is 0 Å². The molecule has 2 aromatic carbocycles. The molecular weight excluding hydrogens is 342 g/mol. The fourth-order valence-corrected chi connectivity index (χ4v) is 2.52. The Bertz CT molecular complexity index is 947. The van der Waals surface area contributed by atoms with E-state index in [2.05, 4.69) is 14.7 Å². The zero-order valence-corrected chi connectivity index (χ0v) is 13.7. The second kappa shape index (κ2) is 7.26. The number of halogens is 2. The SMILES string of the molecule is Cc1cc(C(=O)O)nc(-c2ccc(OC(F)F)c(-c3ccccc3)c2)n1. The number of hydrogen-bond acceptors (Lipinski definition) is 4. The summed E-state index contributed by atoms with van der Waals surface area (Å²) in [6.07, 6.45) is 0. The summed E-state index contributed by atoms with van der Waals surface area (Å²) in [6, 6.07) is 14.8. The van der Waals surface area contributed by atoms with Crippen molar-refractivity contribution in [3.05, 3.63) is 66.0 Å². The highest BCUT2D eigenvalue weighted by atomic mass is 19.3. The van der Waals surface area contributed by atoms with Gasteiger partial charge in [0.05, 0.1) is 0 Å². The van der Waals surface area contributed by atoms with Gasteiger partial charge < -0.3 is 9.84 Å². The average molecular weight is 356 g/mol. The van der Waals surface area contributed by atoms with Crippen LogP contribution in [-0.4, -0.2) is 27.7 Å². The van der Waals surface area contributed by atoms with Gasteiger partial charge in [0, 0.05) is 16.8 Å². The molecule has 0 aliphatic carbocycles. The highest BCUT2D eigenvalue weighted by molar-refractivity contribution is 5.86. The minimum Gasteiger partial charge on any atom is -0.477 e. The summed E-state index contributed by atoms with van der Waals surface area (Å²) >= 11 is 0. The van der Waals surface area contributed by atoms with Crippen LogP contribution in [0.15, 0.2) is 54.6 Å². The Labute approximate surface area is 147 Å². The van der Waals surface area contributed by atoms with Crippen molar-refractivity contribution in [1.82, 2.24) is 9.97 Å². The van der Waals surface area contributed by atoms with E-state index in [0.717, 1.165) is 0 Å². The molecule has 3 aromatic rings. The third-order valence-corrected chi connectivity index (χ3v) is 3.61. The third kappa shape index (κ3) is 3.83. The van der Waals surface area contributed by atoms with Crippen LogP contribution in [-0.2, 0) is 0 Å². The van der Waals surface area contributed by atoms with Crippen LogP contribution < -0.4 is 4.74 Å². The first kappa shape index (κ1) is 17.5. The standard InChI is InChI=1S/C19H14F2N2O3/c1-11-9-15(18(24)25)23-17(22-11)13-7-8-16(26-19(20)21)14(10-13)12-5-3-2-4-6-12/h2-10,19H,1H3,(H,24,25). The van der Waals surface area contributed by atoms with E-state index in [1.54, 1.807) is 37.3 Å². The summed E-state index contributed by atoms with van der Waals surface area (Å²) in [5.41, 5.74) is 1.96. The molecule has 0 unspecified atom stereocenters. The number of hydrogen-bond donors (Lipinski definition) is 1. The number of carboxylic acid groups (broad SMARTS) is 1. The molecule has 0 aliphatic rings. The highest BCUT2D eigenvalue weighted by Gasteiger charge is 2.15. The molecule has 0 saturated heterocycles. The number of rotatable bonds is 5. The number of benzene rings is 2. The van der Waals surface area contributed by atoms with Crippen LogP contribution in [0.3, 0.4) is 0 Å². The lowest BCUT2D eigenvalue weighted by molar-refractivity contribution is -0.0494. The van der Waals surface area contributed by atoms with Gasteiger partial charge in [-0.15, -0.1) is 0 Å². The van der Waals surface area contributed by atoms with Gasteiger partial charge in [0.2, 0.25) is 0 Å². The smallest absolute Gasteiger partial charge is 0.387 e. The molecule has 0 saturated carbocycles. The van der Waals surface area contributed by atoms with E-state index in [1.165, 1.54) is 18.2 Å². The van der Waals surface area contributed by atoms with Crippen molar-refractivity contribution < 1.29 is 23.4 Å². The van der Waals surface area contributed by atoms with Crippen molar-refractivity contribution in [3.8, 4) is 28.3 Å². The Morgan fingerprint density at radius 1 is 1.04 bits per heavy atom. The van der Waals surface area contributed by atoms with Crippen molar-refractivity contribution in [2.75, 3.05) is 0 Å². The molecule has 1 aromatic heterocycles. The van der Waals surface area contributed by atoms with Gasteiger partial charge in [0.15, 0.2) is 11.5 Å². The van der Waals surface area contributed by atoms with Crippen LogP contribution in [0.25, 0.3) is 22.5 Å². The number of aryl methyl sites for hydroxylation is 1. The predicted octanol–water partition coefficient (Wildman–Crippen LogP) is 4.42. The average Bonchev–Trinajstić information content (AvgIpc) is 2.61. The van der Waals surface area contributed by atoms with E-state index < -0.39 is 12.6 Å². The zero-order chi connectivity index (χ0) is 18.7. The normalized spacial score (nSPS) is 10.8. The summed E-state index contributed by atoms with van der Waals surface area (Å²) in [5.74, 6) is -0.957. The van der Waals surface area contributed by atoms with E-state index in [4.69, 9.17) is 5.11 Å². The summed E-state index contributed by atoms with van der Waals surface area (Å²) in [5, 5.41) is 9.16. The molecular formula is C19H14F2N2O3. The van der Waals surface area contributed by atoms with Gasteiger partial charge in [-0.2, -0.15) is 8.78 Å². The van der Waals surface area contributed by atoms with E-state index >= 15 is 0 Å². The number of nitrogens with zero attached hydrogens (tertiary/aromatic N) is 2. The molecule has 0 bridgehead atoms. The maximum atomic E-state index is 12.7. The van der Waals surface area contributed by atoms with Crippen molar-refractivity contribution in [1.29, 1.82) is 0 Å². The van der Waals surface area contributed by atoms with Crippen LogP contribution in [0.5, 0.6) is 5.75 Å². The van der Waals surface area contributed by atoms with Gasteiger partial charge in [0.25, 0.3) is 0 Å². The Morgan fingerprint density at radius 3 is 2.42 bits per heavy atom. The molecule has 0 radical (unpaired) electrons. The van der Waals surface area contributed by atoms with Gasteiger partial charge in [-0.3, -0.25) is 0 Å². The van der Waals surface area contributed by atoms with Gasteiger partial charge in [0.1, 0.15) is 5.75 Å². The molecule has 7 heteroatoms. The molecule has 3 rings (SSSR count). The maximum Gasteiger partial charge on any atom is 0.387 e. The first-order chi connectivity index (χ1) is 12.4. The van der Waals surface area contributed by atoms with Crippen LogP contribution in [0, 0.1) is 6.92 Å². The summed E-state index contributed by atoms with van der Waals surface area (Å²) in [6.45, 7) is -1.30. The summed E-state index contributed by atoms with van der Waals surface area (Å²) < 4.78 is 30.1. The molecule has 1 heterocycles. The third-order valence-electron chi connectivity index (χ3n) is 3.61. The van der Waals surface area contributed by atoms with Gasteiger partial charge >= 0.3 is 12.6 Å². The molecule has 0 spiro atoms. The largest absolute Gasteiger partial charge is 0.477 e. The van der Waals surface area contributed by atoms with Gasteiger partial charge in [-0.05, 0) is 36.8 Å². The first-order valence-electron chi connectivity index (χ1n) is 7.67. The van der Waals surface area contributed by atoms with Crippen LogP contribution in [0.1, 0.15) is 16.2 Å². The molecule has 5 nitrogen and oxygen atoms in total. The van der Waals surface area contributed by atoms with E-state index in [9.17, 15) is 13.6 Å². The number of aromatic carboxylic acids is 1. The number of ether oxygens (including phenoxy) is 1. The second-order valence-electron chi connectivity index (χ2n) is 5.48. The lowest BCUT2D eigenvalue weighted by atomic mass is 10.0. The summed E-state index contributed by atoms with van der Waals surface area (Å²) in [7, 11) is 0. The van der Waals surface area contributed by atoms with Crippen molar-refractivity contribution in [2.45, 2.75) is 13.5 Å². The minimum atomic E-state index is -2.96. The summed E-state index contributed by atoms with van der Waals surface area (Å²) in [4.78, 5) is 19.5. The minimum absolute atomic E-state index is 0.0149. The Balaban J connectivity index is 2.14. The van der Waals surface area contributed by atoms with Crippen LogP contribution in [0.2, 0.25) is 0 Å². The second-order valence-corrected chi connectivity index (χ2v) is 5.48. The van der Waals surface area contributed by atoms with Crippen LogP contribution in [0.4, 0.5) is 8.78 Å². The highest BCUT2D eigenvalue weighted by Crippen LogP contribution is 2.34. The Hall–Kier alpha value is -3.35. The van der Waals surface area contributed by atoms with Crippen molar-refractivity contribution in [3.63, 3.8) is 0 Å². The number of carboxylic acids is 1. The maximum absolute atomic E-state index is 12.7. The lowest BCUT2D eigenvalue weighted by Gasteiger charge is -2.13. The zero-order valence-electron chi connectivity index (χ0n) is 13.7. The Morgan fingerprint density at radius 2 is 1.77 bits per heavy atom. The number of alkyl halides is 2. The topological polar surface area (TPSA) is 72.3 Å². The van der Waals surface area contributed by atoms with Crippen molar-refractivity contribution in [2.24, 2.45) is 0 Å². The van der Waals surface area contributed by atoms with E-state index in [1.807, 2.05) is 6.07 Å². The van der Waals surface area contributed by atoms with E-state index in [0.29, 0.717) is 22.4 Å².